The Morgan fingerprint density at radius 3 is 2.48 bits per heavy atom. The minimum atomic E-state index is -1.25. The van der Waals surface area contributed by atoms with Gasteiger partial charge in [0.2, 0.25) is 5.91 Å². The van der Waals surface area contributed by atoms with E-state index in [1.54, 1.807) is 38.3 Å². The Balaban J connectivity index is 1.71. The summed E-state index contributed by atoms with van der Waals surface area (Å²) in [5.74, 6) is -0.331. The van der Waals surface area contributed by atoms with Crippen LogP contribution in [-0.2, 0) is 20.5 Å². The van der Waals surface area contributed by atoms with Gasteiger partial charge in [0.15, 0.2) is 5.13 Å². The van der Waals surface area contributed by atoms with Crippen molar-refractivity contribution in [2.45, 2.75) is 38.6 Å². The van der Waals surface area contributed by atoms with Gasteiger partial charge in [-0.3, -0.25) is 14.5 Å². The topological polar surface area (TPSA) is 101 Å². The fourth-order valence-corrected chi connectivity index (χ4v) is 3.89. The first-order valence-corrected chi connectivity index (χ1v) is 9.97. The number of ether oxygens (including phenoxy) is 1. The summed E-state index contributed by atoms with van der Waals surface area (Å²) in [5, 5.41) is 7.66. The molecular weight excluding hydrogens is 392 g/mol. The van der Waals surface area contributed by atoms with E-state index < -0.39 is 23.4 Å². The minimum absolute atomic E-state index is 0.134. The summed E-state index contributed by atoms with van der Waals surface area (Å²) in [7, 11) is 1.55. The van der Waals surface area contributed by atoms with Crippen molar-refractivity contribution in [3.63, 3.8) is 0 Å². The number of amides is 4. The Bertz CT molecular complexity index is 948. The van der Waals surface area contributed by atoms with Crippen LogP contribution in [0.2, 0.25) is 0 Å². The van der Waals surface area contributed by atoms with Gasteiger partial charge >= 0.3 is 6.03 Å². The Labute approximate surface area is 173 Å². The zero-order chi connectivity index (χ0) is 21.4. The monoisotopic (exact) mass is 416 g/mol. The molecule has 8 nitrogen and oxygen atoms in total. The SMILES string of the molecule is COc1ccc(C2(C)NC(=O)N(CC(=O)Nc3nc(C(C)(C)C)cs3)C2=O)cc1. The van der Waals surface area contributed by atoms with E-state index in [4.69, 9.17) is 4.74 Å². The molecule has 0 saturated carbocycles. The van der Waals surface area contributed by atoms with Crippen molar-refractivity contribution in [2.75, 3.05) is 19.0 Å². The summed E-state index contributed by atoms with van der Waals surface area (Å²) >= 11 is 1.31. The molecule has 29 heavy (non-hydrogen) atoms. The third kappa shape index (κ3) is 4.09. The quantitative estimate of drug-likeness (QED) is 0.730. The van der Waals surface area contributed by atoms with Gasteiger partial charge in [-0.15, -0.1) is 11.3 Å². The van der Waals surface area contributed by atoms with E-state index in [1.165, 1.54) is 11.3 Å². The second kappa shape index (κ2) is 7.47. The number of rotatable bonds is 5. The van der Waals surface area contributed by atoms with Gasteiger partial charge in [0, 0.05) is 10.8 Å². The standard InChI is InChI=1S/C20H24N4O4S/c1-19(2,3)14-11-29-17(21-14)22-15(25)10-24-16(26)20(4,23-18(24)27)12-6-8-13(28-5)9-7-12/h6-9,11H,10H2,1-5H3,(H,23,27)(H,21,22,25). The molecule has 0 spiro atoms. The molecule has 1 aliphatic rings. The van der Waals surface area contributed by atoms with E-state index in [1.807, 2.05) is 26.2 Å². The number of carbonyl (C=O) groups is 3. The van der Waals surface area contributed by atoms with Gasteiger partial charge in [-0.25, -0.2) is 9.78 Å². The van der Waals surface area contributed by atoms with E-state index in [9.17, 15) is 14.4 Å². The van der Waals surface area contributed by atoms with Crippen molar-refractivity contribution in [1.82, 2.24) is 15.2 Å². The van der Waals surface area contributed by atoms with Crippen molar-refractivity contribution in [1.29, 1.82) is 0 Å². The maximum atomic E-state index is 12.9. The van der Waals surface area contributed by atoms with Gasteiger partial charge in [-0.2, -0.15) is 0 Å². The van der Waals surface area contributed by atoms with Crippen molar-refractivity contribution in [3.05, 3.63) is 40.9 Å². The summed E-state index contributed by atoms with van der Waals surface area (Å²) in [6, 6.07) is 6.24. The van der Waals surface area contributed by atoms with E-state index in [0.29, 0.717) is 16.4 Å². The van der Waals surface area contributed by atoms with Crippen LogP contribution in [-0.4, -0.2) is 41.4 Å². The van der Waals surface area contributed by atoms with Crippen molar-refractivity contribution in [3.8, 4) is 5.75 Å². The lowest BCUT2D eigenvalue weighted by Gasteiger charge is -2.22. The van der Waals surface area contributed by atoms with E-state index in [0.717, 1.165) is 10.6 Å². The van der Waals surface area contributed by atoms with Crippen LogP contribution in [0.4, 0.5) is 9.93 Å². The van der Waals surface area contributed by atoms with Gasteiger partial charge < -0.3 is 15.4 Å². The molecule has 2 N–H and O–H groups in total. The molecule has 1 aliphatic heterocycles. The first kappa shape index (κ1) is 20.8. The van der Waals surface area contributed by atoms with E-state index in [-0.39, 0.29) is 12.0 Å². The predicted molar refractivity (Wildman–Crippen MR) is 110 cm³/mol. The molecule has 4 amide bonds. The Hall–Kier alpha value is -2.94. The Morgan fingerprint density at radius 2 is 1.93 bits per heavy atom. The number of aromatic nitrogens is 1. The summed E-state index contributed by atoms with van der Waals surface area (Å²) in [5.41, 5.74) is 0.0866. The molecule has 1 fully saturated rings. The lowest BCUT2D eigenvalue weighted by molar-refractivity contribution is -0.133. The number of nitrogens with zero attached hydrogens (tertiary/aromatic N) is 2. The molecule has 9 heteroatoms. The molecule has 3 rings (SSSR count). The third-order valence-corrected chi connectivity index (χ3v) is 5.52. The lowest BCUT2D eigenvalue weighted by Crippen LogP contribution is -2.42. The molecule has 2 heterocycles. The summed E-state index contributed by atoms with van der Waals surface area (Å²) in [6.45, 7) is 7.31. The van der Waals surface area contributed by atoms with E-state index >= 15 is 0 Å². The summed E-state index contributed by atoms with van der Waals surface area (Å²) < 4.78 is 5.13. The molecular formula is C20H24N4O4S. The number of carbonyl (C=O) groups excluding carboxylic acids is 3. The van der Waals surface area contributed by atoms with Gasteiger partial charge in [0.1, 0.15) is 17.8 Å². The summed E-state index contributed by atoms with van der Waals surface area (Å²) in [6.07, 6.45) is 0. The van der Waals surface area contributed by atoms with Crippen molar-refractivity contribution >= 4 is 34.3 Å². The molecule has 0 aliphatic carbocycles. The fraction of sp³-hybridized carbons (Fsp3) is 0.400. The number of benzene rings is 1. The molecule has 154 valence electrons. The first-order chi connectivity index (χ1) is 13.5. The van der Waals surface area contributed by atoms with Crippen LogP contribution in [0.15, 0.2) is 29.6 Å². The second-order valence-corrected chi connectivity index (χ2v) is 8.87. The molecule has 1 unspecified atom stereocenters. The smallest absolute Gasteiger partial charge is 0.325 e. The van der Waals surface area contributed by atoms with Gasteiger partial charge in [-0.05, 0) is 24.6 Å². The minimum Gasteiger partial charge on any atom is -0.497 e. The summed E-state index contributed by atoms with van der Waals surface area (Å²) in [4.78, 5) is 43.1. The largest absolute Gasteiger partial charge is 0.497 e. The predicted octanol–water partition coefficient (Wildman–Crippen LogP) is 2.85. The molecule has 0 bridgehead atoms. The van der Waals surface area contributed by atoms with Crippen LogP contribution in [0.1, 0.15) is 39.0 Å². The Kier molecular flexibility index (Phi) is 5.36. The number of urea groups is 1. The number of anilines is 1. The normalized spacial score (nSPS) is 19.3. The zero-order valence-electron chi connectivity index (χ0n) is 17.0. The van der Waals surface area contributed by atoms with Crippen LogP contribution >= 0.6 is 11.3 Å². The van der Waals surface area contributed by atoms with Crippen molar-refractivity contribution < 1.29 is 19.1 Å². The average molecular weight is 417 g/mol. The highest BCUT2D eigenvalue weighted by molar-refractivity contribution is 7.13. The fourth-order valence-electron chi connectivity index (χ4n) is 2.94. The highest BCUT2D eigenvalue weighted by Crippen LogP contribution is 2.30. The van der Waals surface area contributed by atoms with Crippen LogP contribution < -0.4 is 15.4 Å². The maximum absolute atomic E-state index is 12.9. The maximum Gasteiger partial charge on any atom is 0.325 e. The Morgan fingerprint density at radius 1 is 1.28 bits per heavy atom. The number of thiazole rings is 1. The molecule has 1 aromatic heterocycles. The number of imide groups is 1. The van der Waals surface area contributed by atoms with Crippen LogP contribution in [0.3, 0.4) is 0 Å². The van der Waals surface area contributed by atoms with E-state index in [2.05, 4.69) is 15.6 Å². The number of hydrogen-bond acceptors (Lipinski definition) is 6. The van der Waals surface area contributed by atoms with Gasteiger partial charge in [-0.1, -0.05) is 32.9 Å². The van der Waals surface area contributed by atoms with Crippen LogP contribution in [0, 0.1) is 0 Å². The molecule has 2 aromatic rings. The molecule has 1 atom stereocenters. The third-order valence-electron chi connectivity index (χ3n) is 4.76. The van der Waals surface area contributed by atoms with Crippen LogP contribution in [0.5, 0.6) is 5.75 Å². The highest BCUT2D eigenvalue weighted by atomic mass is 32.1. The molecule has 1 saturated heterocycles. The second-order valence-electron chi connectivity index (χ2n) is 8.01. The molecule has 1 aromatic carbocycles. The van der Waals surface area contributed by atoms with Gasteiger partial charge in [0.05, 0.1) is 12.8 Å². The number of nitrogens with one attached hydrogen (secondary N) is 2. The first-order valence-electron chi connectivity index (χ1n) is 9.09. The highest BCUT2D eigenvalue weighted by Gasteiger charge is 2.49. The lowest BCUT2D eigenvalue weighted by atomic mass is 9.92. The zero-order valence-corrected chi connectivity index (χ0v) is 17.8. The number of methoxy groups -OCH3 is 1. The van der Waals surface area contributed by atoms with Gasteiger partial charge in [0.25, 0.3) is 5.91 Å². The average Bonchev–Trinajstić information content (AvgIpc) is 3.21. The molecule has 0 radical (unpaired) electrons. The van der Waals surface area contributed by atoms with Crippen LogP contribution in [0.25, 0.3) is 0 Å². The van der Waals surface area contributed by atoms with Crippen molar-refractivity contribution in [2.24, 2.45) is 0 Å². The number of hydrogen-bond donors (Lipinski definition) is 2.